The van der Waals surface area contributed by atoms with Gasteiger partial charge in [-0.1, -0.05) is 6.92 Å². The molecule has 2 unspecified atom stereocenters. The number of ether oxygens (including phenoxy) is 1. The quantitative estimate of drug-likeness (QED) is 0.708. The molecule has 4 nitrogen and oxygen atoms in total. The first kappa shape index (κ1) is 10.2. The Kier molecular flexibility index (Phi) is 2.77. The summed E-state index contributed by atoms with van der Waals surface area (Å²) in [6.07, 6.45) is 0.714. The van der Waals surface area contributed by atoms with Crippen LogP contribution in [0, 0.1) is 5.92 Å². The van der Waals surface area contributed by atoms with Crippen LogP contribution < -0.4 is 4.90 Å². The second kappa shape index (κ2) is 4.06. The van der Waals surface area contributed by atoms with Gasteiger partial charge in [0.25, 0.3) is 0 Å². The maximum absolute atomic E-state index is 10.5. The average Bonchev–Trinajstić information content (AvgIpc) is 2.84. The number of aldehydes is 1. The van der Waals surface area contributed by atoms with Crippen LogP contribution >= 0.6 is 0 Å². The molecular formula is C11H15NO3. The summed E-state index contributed by atoms with van der Waals surface area (Å²) in [4.78, 5) is 12.5. The normalized spacial score (nSPS) is 25.5. The summed E-state index contributed by atoms with van der Waals surface area (Å²) >= 11 is 0. The van der Waals surface area contributed by atoms with Gasteiger partial charge in [0.05, 0.1) is 19.3 Å². The lowest BCUT2D eigenvalue weighted by molar-refractivity contribution is 0.110. The summed E-state index contributed by atoms with van der Waals surface area (Å²) < 4.78 is 10.7. The van der Waals surface area contributed by atoms with E-state index in [9.17, 15) is 4.79 Å². The Labute approximate surface area is 88.8 Å². The second-order valence-corrected chi connectivity index (χ2v) is 3.99. The summed E-state index contributed by atoms with van der Waals surface area (Å²) in [5.41, 5.74) is 0. The lowest BCUT2D eigenvalue weighted by Gasteiger charge is -2.25. The van der Waals surface area contributed by atoms with E-state index in [2.05, 4.69) is 6.92 Å². The van der Waals surface area contributed by atoms with Crippen LogP contribution in [0.5, 0.6) is 0 Å². The Balaban J connectivity index is 2.12. The first-order valence-corrected chi connectivity index (χ1v) is 5.08. The van der Waals surface area contributed by atoms with E-state index >= 15 is 0 Å². The summed E-state index contributed by atoms with van der Waals surface area (Å²) in [7, 11) is 1.96. The number of nitrogens with zero attached hydrogens (tertiary/aromatic N) is 1. The van der Waals surface area contributed by atoms with E-state index in [4.69, 9.17) is 9.15 Å². The van der Waals surface area contributed by atoms with Crippen molar-refractivity contribution in [1.29, 1.82) is 0 Å². The number of hydrogen-bond donors (Lipinski definition) is 0. The molecule has 0 bridgehead atoms. The van der Waals surface area contributed by atoms with Crippen LogP contribution in [0.15, 0.2) is 16.5 Å². The molecular weight excluding hydrogens is 194 g/mol. The summed E-state index contributed by atoms with van der Waals surface area (Å²) in [5, 5.41) is 0. The lowest BCUT2D eigenvalue weighted by atomic mass is 10.1. The molecule has 0 aromatic carbocycles. The highest BCUT2D eigenvalue weighted by Crippen LogP contribution is 2.25. The van der Waals surface area contributed by atoms with E-state index < -0.39 is 0 Å². The smallest absolute Gasteiger partial charge is 0.196 e. The van der Waals surface area contributed by atoms with Gasteiger partial charge >= 0.3 is 0 Å². The molecule has 15 heavy (non-hydrogen) atoms. The van der Waals surface area contributed by atoms with Crippen molar-refractivity contribution in [3.05, 3.63) is 17.9 Å². The number of hydrogen-bond acceptors (Lipinski definition) is 4. The zero-order valence-corrected chi connectivity index (χ0v) is 8.97. The van der Waals surface area contributed by atoms with E-state index in [1.807, 2.05) is 18.0 Å². The maximum atomic E-state index is 10.5. The minimum Gasteiger partial charge on any atom is -0.438 e. The molecule has 1 aliphatic heterocycles. The predicted octanol–water partition coefficient (Wildman–Crippen LogP) is 1.56. The number of carbonyl (C=O) groups excluding carboxylic acids is 1. The van der Waals surface area contributed by atoms with Crippen LogP contribution in [0.2, 0.25) is 0 Å². The Morgan fingerprint density at radius 3 is 2.80 bits per heavy atom. The molecule has 1 aromatic rings. The molecule has 4 heteroatoms. The average molecular weight is 209 g/mol. The van der Waals surface area contributed by atoms with Crippen LogP contribution in [0.3, 0.4) is 0 Å². The third-order valence-electron chi connectivity index (χ3n) is 2.90. The summed E-state index contributed by atoms with van der Waals surface area (Å²) in [6, 6.07) is 3.82. The molecule has 0 radical (unpaired) electrons. The highest BCUT2D eigenvalue weighted by molar-refractivity contribution is 5.71. The molecule has 1 fully saturated rings. The van der Waals surface area contributed by atoms with Gasteiger partial charge in [0, 0.05) is 19.0 Å². The molecule has 0 N–H and O–H groups in total. The first-order valence-electron chi connectivity index (χ1n) is 5.08. The maximum Gasteiger partial charge on any atom is 0.196 e. The number of likely N-dealkylation sites (N-methyl/N-ethyl adjacent to an activating group) is 1. The second-order valence-electron chi connectivity index (χ2n) is 3.99. The van der Waals surface area contributed by atoms with E-state index in [0.717, 1.165) is 19.1 Å². The largest absolute Gasteiger partial charge is 0.438 e. The molecule has 1 aromatic heterocycles. The molecule has 0 saturated carbocycles. The minimum absolute atomic E-state index is 0.329. The SMILES string of the molecule is CC1COCC1N(C)c1ccc(C=O)o1. The molecule has 0 spiro atoms. The standard InChI is InChI=1S/C11H15NO3/c1-8-6-14-7-10(8)12(2)11-4-3-9(5-13)15-11/h3-5,8,10H,6-7H2,1-2H3. The van der Waals surface area contributed by atoms with Crippen LogP contribution in [-0.4, -0.2) is 32.6 Å². The Morgan fingerprint density at radius 1 is 1.47 bits per heavy atom. The monoisotopic (exact) mass is 209 g/mol. The van der Waals surface area contributed by atoms with Crippen molar-refractivity contribution >= 4 is 12.2 Å². The zero-order valence-electron chi connectivity index (χ0n) is 8.97. The van der Waals surface area contributed by atoms with Crippen LogP contribution in [0.25, 0.3) is 0 Å². The van der Waals surface area contributed by atoms with E-state index in [1.165, 1.54) is 0 Å². The number of rotatable bonds is 3. The minimum atomic E-state index is 0.329. The Morgan fingerprint density at radius 2 is 2.27 bits per heavy atom. The number of furan rings is 1. The van der Waals surface area contributed by atoms with Gasteiger partial charge in [0.1, 0.15) is 0 Å². The fourth-order valence-electron chi connectivity index (χ4n) is 1.90. The molecule has 1 aliphatic rings. The van der Waals surface area contributed by atoms with E-state index in [1.54, 1.807) is 6.07 Å². The molecule has 82 valence electrons. The van der Waals surface area contributed by atoms with Crippen molar-refractivity contribution in [2.45, 2.75) is 13.0 Å². The van der Waals surface area contributed by atoms with Gasteiger partial charge in [0.2, 0.25) is 0 Å². The van der Waals surface area contributed by atoms with Gasteiger partial charge in [-0.15, -0.1) is 0 Å². The summed E-state index contributed by atoms with van der Waals surface area (Å²) in [6.45, 7) is 3.66. The topological polar surface area (TPSA) is 42.7 Å². The third-order valence-corrected chi connectivity index (χ3v) is 2.90. The van der Waals surface area contributed by atoms with Gasteiger partial charge in [-0.2, -0.15) is 0 Å². The van der Waals surface area contributed by atoms with Crippen molar-refractivity contribution in [2.75, 3.05) is 25.2 Å². The van der Waals surface area contributed by atoms with Crippen molar-refractivity contribution in [2.24, 2.45) is 5.92 Å². The Hall–Kier alpha value is -1.29. The lowest BCUT2D eigenvalue weighted by Crippen LogP contribution is -2.36. The molecule has 0 amide bonds. The van der Waals surface area contributed by atoms with Gasteiger partial charge in [-0.05, 0) is 6.07 Å². The van der Waals surface area contributed by atoms with E-state index in [0.29, 0.717) is 24.0 Å². The van der Waals surface area contributed by atoms with Crippen LogP contribution in [-0.2, 0) is 4.74 Å². The molecule has 2 atom stereocenters. The van der Waals surface area contributed by atoms with Crippen molar-refractivity contribution in [3.8, 4) is 0 Å². The molecule has 0 aliphatic carbocycles. The fourth-order valence-corrected chi connectivity index (χ4v) is 1.90. The molecule has 1 saturated heterocycles. The van der Waals surface area contributed by atoms with Crippen molar-refractivity contribution < 1.29 is 13.9 Å². The number of carbonyl (C=O) groups is 1. The predicted molar refractivity (Wildman–Crippen MR) is 56.3 cm³/mol. The van der Waals surface area contributed by atoms with Gasteiger partial charge < -0.3 is 14.1 Å². The van der Waals surface area contributed by atoms with Crippen LogP contribution in [0.4, 0.5) is 5.88 Å². The highest BCUT2D eigenvalue weighted by atomic mass is 16.5. The van der Waals surface area contributed by atoms with Gasteiger partial charge in [-0.25, -0.2) is 0 Å². The molecule has 2 heterocycles. The first-order chi connectivity index (χ1) is 7.22. The highest BCUT2D eigenvalue weighted by Gasteiger charge is 2.29. The zero-order chi connectivity index (χ0) is 10.8. The number of anilines is 1. The summed E-state index contributed by atoms with van der Waals surface area (Å²) in [5.74, 6) is 1.57. The fraction of sp³-hybridized carbons (Fsp3) is 0.545. The van der Waals surface area contributed by atoms with E-state index in [-0.39, 0.29) is 0 Å². The van der Waals surface area contributed by atoms with Gasteiger partial charge in [-0.3, -0.25) is 4.79 Å². The molecule has 2 rings (SSSR count). The van der Waals surface area contributed by atoms with Crippen LogP contribution in [0.1, 0.15) is 17.5 Å². The Bertz CT molecular complexity index is 347. The van der Waals surface area contributed by atoms with Crippen molar-refractivity contribution in [3.63, 3.8) is 0 Å². The van der Waals surface area contributed by atoms with Gasteiger partial charge in [0.15, 0.2) is 17.9 Å². The third kappa shape index (κ3) is 1.90. The van der Waals surface area contributed by atoms with Crippen molar-refractivity contribution in [1.82, 2.24) is 0 Å².